The lowest BCUT2D eigenvalue weighted by Gasteiger charge is -2.10. The lowest BCUT2D eigenvalue weighted by atomic mass is 10.0. The first-order valence-electron chi connectivity index (χ1n) is 4.79. The summed E-state index contributed by atoms with van der Waals surface area (Å²) >= 11 is 0. The molecule has 0 fully saturated rings. The average molecular weight is 211 g/mol. The van der Waals surface area contributed by atoms with E-state index in [-0.39, 0.29) is 18.4 Å². The van der Waals surface area contributed by atoms with Gasteiger partial charge in [0, 0.05) is 24.3 Å². The van der Waals surface area contributed by atoms with Crippen molar-refractivity contribution in [2.45, 2.75) is 26.3 Å². The molecule has 0 aromatic carbocycles. The van der Waals surface area contributed by atoms with Gasteiger partial charge in [0.25, 0.3) is 0 Å². The first-order chi connectivity index (χ1) is 6.97. The fourth-order valence-corrected chi connectivity index (χ4v) is 1.69. The number of hydrogen-bond acceptors (Lipinski definition) is 4. The molecule has 0 bridgehead atoms. The largest absolute Gasteiger partial charge is 0.469 e. The molecule has 5 heteroatoms. The zero-order chi connectivity index (χ0) is 11.6. The summed E-state index contributed by atoms with van der Waals surface area (Å²) in [5.41, 5.74) is 8.72. The molecule has 84 valence electrons. The Morgan fingerprint density at radius 3 is 2.60 bits per heavy atom. The molecule has 1 rings (SSSR count). The molecular formula is C10H17N3O2. The molecule has 0 radical (unpaired) electrons. The molecule has 0 aliphatic heterocycles. The molecular weight excluding hydrogens is 194 g/mol. The Kier molecular flexibility index (Phi) is 3.47. The molecule has 1 aromatic heterocycles. The molecule has 1 aromatic rings. The van der Waals surface area contributed by atoms with Gasteiger partial charge in [-0.2, -0.15) is 5.10 Å². The summed E-state index contributed by atoms with van der Waals surface area (Å²) in [6.45, 7) is 3.83. The van der Waals surface area contributed by atoms with Gasteiger partial charge in [0.1, 0.15) is 0 Å². The van der Waals surface area contributed by atoms with Crippen molar-refractivity contribution >= 4 is 5.97 Å². The number of nitrogens with two attached hydrogens (primary N) is 1. The van der Waals surface area contributed by atoms with Crippen molar-refractivity contribution in [1.82, 2.24) is 9.78 Å². The van der Waals surface area contributed by atoms with Crippen LogP contribution in [0.2, 0.25) is 0 Å². The van der Waals surface area contributed by atoms with E-state index in [1.807, 2.05) is 20.9 Å². The van der Waals surface area contributed by atoms with Crippen LogP contribution in [-0.2, 0) is 16.6 Å². The molecule has 1 atom stereocenters. The van der Waals surface area contributed by atoms with Crippen molar-refractivity contribution in [3.05, 3.63) is 17.0 Å². The van der Waals surface area contributed by atoms with Crippen LogP contribution in [0, 0.1) is 13.8 Å². The molecule has 0 spiro atoms. The summed E-state index contributed by atoms with van der Waals surface area (Å²) in [7, 11) is 3.22. The highest BCUT2D eigenvalue weighted by atomic mass is 16.5. The van der Waals surface area contributed by atoms with Gasteiger partial charge in [0.15, 0.2) is 0 Å². The van der Waals surface area contributed by atoms with Crippen molar-refractivity contribution in [3.63, 3.8) is 0 Å². The van der Waals surface area contributed by atoms with Gasteiger partial charge in [-0.1, -0.05) is 0 Å². The van der Waals surface area contributed by atoms with Gasteiger partial charge in [-0.25, -0.2) is 0 Å². The van der Waals surface area contributed by atoms with Crippen LogP contribution in [-0.4, -0.2) is 22.9 Å². The average Bonchev–Trinajstić information content (AvgIpc) is 2.41. The fourth-order valence-electron chi connectivity index (χ4n) is 1.69. The number of aryl methyl sites for hydroxylation is 2. The van der Waals surface area contributed by atoms with Crippen LogP contribution in [0.4, 0.5) is 0 Å². The second-order valence-corrected chi connectivity index (χ2v) is 3.59. The van der Waals surface area contributed by atoms with Gasteiger partial charge in [0.2, 0.25) is 0 Å². The summed E-state index contributed by atoms with van der Waals surface area (Å²) in [5.74, 6) is -0.301. The van der Waals surface area contributed by atoms with E-state index < -0.39 is 0 Å². The van der Waals surface area contributed by atoms with Crippen LogP contribution in [0.15, 0.2) is 0 Å². The Balaban J connectivity index is 2.90. The minimum atomic E-state index is -0.342. The number of carbonyl (C=O) groups is 1. The molecule has 1 heterocycles. The summed E-state index contributed by atoms with van der Waals surface area (Å²) in [6, 6.07) is -0.342. The van der Waals surface area contributed by atoms with Gasteiger partial charge < -0.3 is 10.5 Å². The van der Waals surface area contributed by atoms with Crippen LogP contribution in [0.5, 0.6) is 0 Å². The Hall–Kier alpha value is -1.36. The predicted molar refractivity (Wildman–Crippen MR) is 56.2 cm³/mol. The number of rotatable bonds is 3. The third kappa shape index (κ3) is 2.36. The second-order valence-electron chi connectivity index (χ2n) is 3.59. The Morgan fingerprint density at radius 1 is 1.60 bits per heavy atom. The number of esters is 1. The Morgan fingerprint density at radius 2 is 2.20 bits per heavy atom. The molecule has 5 nitrogen and oxygen atoms in total. The van der Waals surface area contributed by atoms with Crippen LogP contribution >= 0.6 is 0 Å². The van der Waals surface area contributed by atoms with E-state index in [1.165, 1.54) is 7.11 Å². The Bertz CT molecular complexity index is 371. The first-order valence-corrected chi connectivity index (χ1v) is 4.79. The van der Waals surface area contributed by atoms with E-state index in [9.17, 15) is 4.79 Å². The zero-order valence-corrected chi connectivity index (χ0v) is 9.57. The fraction of sp³-hybridized carbons (Fsp3) is 0.600. The van der Waals surface area contributed by atoms with Crippen molar-refractivity contribution < 1.29 is 9.53 Å². The molecule has 0 aliphatic carbocycles. The number of nitrogens with zero attached hydrogens (tertiary/aromatic N) is 2. The van der Waals surface area contributed by atoms with E-state index in [0.29, 0.717) is 0 Å². The minimum absolute atomic E-state index is 0.184. The normalized spacial score (nSPS) is 12.6. The second kappa shape index (κ2) is 4.44. The van der Waals surface area contributed by atoms with Crippen molar-refractivity contribution in [2.75, 3.05) is 7.11 Å². The third-order valence-electron chi connectivity index (χ3n) is 2.55. The highest BCUT2D eigenvalue weighted by Gasteiger charge is 2.19. The standard InChI is InChI=1S/C10H17N3O2/c1-6-10(7(2)13(3)12-6)8(11)5-9(14)15-4/h8H,5,11H2,1-4H3/t8-/m1/s1. The van der Waals surface area contributed by atoms with Crippen LogP contribution in [0.1, 0.15) is 29.4 Å². The quantitative estimate of drug-likeness (QED) is 0.743. The lowest BCUT2D eigenvalue weighted by molar-refractivity contribution is -0.141. The molecule has 15 heavy (non-hydrogen) atoms. The van der Waals surface area contributed by atoms with Crippen LogP contribution in [0.25, 0.3) is 0 Å². The minimum Gasteiger partial charge on any atom is -0.469 e. The van der Waals surface area contributed by atoms with Gasteiger partial charge in [-0.05, 0) is 13.8 Å². The maximum absolute atomic E-state index is 11.1. The molecule has 0 saturated heterocycles. The van der Waals surface area contributed by atoms with E-state index in [2.05, 4.69) is 9.84 Å². The smallest absolute Gasteiger partial charge is 0.307 e. The van der Waals surface area contributed by atoms with E-state index in [4.69, 9.17) is 5.73 Å². The summed E-state index contributed by atoms with van der Waals surface area (Å²) in [4.78, 5) is 11.1. The molecule has 2 N–H and O–H groups in total. The lowest BCUT2D eigenvalue weighted by Crippen LogP contribution is -2.17. The monoisotopic (exact) mass is 211 g/mol. The third-order valence-corrected chi connectivity index (χ3v) is 2.55. The summed E-state index contributed by atoms with van der Waals surface area (Å²) in [6.07, 6.45) is 0.184. The van der Waals surface area contributed by atoms with E-state index in [1.54, 1.807) is 4.68 Å². The Labute approximate surface area is 89.2 Å². The van der Waals surface area contributed by atoms with Crippen LogP contribution in [0.3, 0.4) is 0 Å². The summed E-state index contributed by atoms with van der Waals surface area (Å²) < 4.78 is 6.35. The van der Waals surface area contributed by atoms with Crippen molar-refractivity contribution in [3.8, 4) is 0 Å². The van der Waals surface area contributed by atoms with Crippen molar-refractivity contribution in [2.24, 2.45) is 12.8 Å². The maximum Gasteiger partial charge on any atom is 0.307 e. The van der Waals surface area contributed by atoms with E-state index >= 15 is 0 Å². The highest BCUT2D eigenvalue weighted by molar-refractivity contribution is 5.70. The van der Waals surface area contributed by atoms with Gasteiger partial charge in [-0.15, -0.1) is 0 Å². The van der Waals surface area contributed by atoms with Crippen LogP contribution < -0.4 is 5.73 Å². The first kappa shape index (κ1) is 11.7. The van der Waals surface area contributed by atoms with Gasteiger partial charge in [-0.3, -0.25) is 9.48 Å². The number of aromatic nitrogens is 2. The number of methoxy groups -OCH3 is 1. The van der Waals surface area contributed by atoms with E-state index in [0.717, 1.165) is 17.0 Å². The maximum atomic E-state index is 11.1. The van der Waals surface area contributed by atoms with Crippen molar-refractivity contribution in [1.29, 1.82) is 0 Å². The molecule has 0 saturated carbocycles. The number of carbonyl (C=O) groups excluding carboxylic acids is 1. The number of hydrogen-bond donors (Lipinski definition) is 1. The molecule has 0 aliphatic rings. The topological polar surface area (TPSA) is 70.1 Å². The molecule has 0 amide bonds. The highest BCUT2D eigenvalue weighted by Crippen LogP contribution is 2.21. The van der Waals surface area contributed by atoms with Gasteiger partial charge >= 0.3 is 5.97 Å². The zero-order valence-electron chi connectivity index (χ0n) is 9.57. The van der Waals surface area contributed by atoms with Gasteiger partial charge in [0.05, 0.1) is 19.2 Å². The summed E-state index contributed by atoms with van der Waals surface area (Å²) in [5, 5.41) is 4.25. The predicted octanol–water partition coefficient (Wildman–Crippen LogP) is 0.600. The number of ether oxygens (including phenoxy) is 1. The SMILES string of the molecule is COC(=O)C[C@@H](N)c1c(C)nn(C)c1C. The molecule has 0 unspecified atom stereocenters.